The van der Waals surface area contributed by atoms with Crippen LogP contribution in [0.15, 0.2) is 77.8 Å². The van der Waals surface area contributed by atoms with Crippen molar-refractivity contribution in [2.24, 2.45) is 10.7 Å². The Morgan fingerprint density at radius 1 is 0.754 bits per heavy atom. The minimum Gasteiger partial charge on any atom is -0.397 e. The van der Waals surface area contributed by atoms with Gasteiger partial charge in [0.05, 0.1) is 23.9 Å². The lowest BCUT2D eigenvalue weighted by molar-refractivity contribution is -0.121. The highest BCUT2D eigenvalue weighted by atomic mass is 35.5. The molecule has 0 atom stereocenters. The summed E-state index contributed by atoms with van der Waals surface area (Å²) in [6.45, 7) is 25.3. The standard InChI is InChI=1S/C22H19ClN6OS.C19H17ClN4OS/c1-13-9-15(6-8-18(13)26-4)28-20(30)22(2,3)29(21(28)31)16-5-7-17(23)14(10-16)11-19(25)27-12-24;1-11-9-12(6-8-16(11)22-4)23-17(25)19(2,3)24(18(23)26)13-5-7-14(20)15(21)10-13/h5-10H,11H2,1-3H3,(H2,25,27);5-10H,21H2,1-3H3. The maximum atomic E-state index is 13.3. The van der Waals surface area contributed by atoms with E-state index in [-0.39, 0.29) is 24.1 Å². The molecule has 4 aromatic carbocycles. The molecule has 0 radical (unpaired) electrons. The molecule has 4 aromatic rings. The van der Waals surface area contributed by atoms with E-state index in [1.165, 1.54) is 9.80 Å². The lowest BCUT2D eigenvalue weighted by Gasteiger charge is -2.30. The summed E-state index contributed by atoms with van der Waals surface area (Å²) in [5, 5.41) is 10.3. The summed E-state index contributed by atoms with van der Waals surface area (Å²) >= 11 is 23.7. The molecular formula is C41H36Cl2N10O2S2. The predicted molar refractivity (Wildman–Crippen MR) is 236 cm³/mol. The molecule has 0 unspecified atom stereocenters. The predicted octanol–water partition coefficient (Wildman–Crippen LogP) is 9.19. The molecule has 12 nitrogen and oxygen atoms in total. The minimum atomic E-state index is -0.957. The molecule has 57 heavy (non-hydrogen) atoms. The van der Waals surface area contributed by atoms with Crippen molar-refractivity contribution < 1.29 is 9.59 Å². The lowest BCUT2D eigenvalue weighted by atomic mass is 10.0. The molecule has 0 spiro atoms. The summed E-state index contributed by atoms with van der Waals surface area (Å²) in [4.78, 5) is 43.4. The minimum absolute atomic E-state index is 0.137. The van der Waals surface area contributed by atoms with Crippen LogP contribution in [0.1, 0.15) is 44.4 Å². The van der Waals surface area contributed by atoms with Crippen LogP contribution >= 0.6 is 47.6 Å². The molecule has 2 amide bonds. The number of carbonyl (C=O) groups excluding carboxylic acids is 2. The van der Waals surface area contributed by atoms with Crippen LogP contribution < -0.4 is 31.1 Å². The highest BCUT2D eigenvalue weighted by Crippen LogP contribution is 2.40. The average Bonchev–Trinajstić information content (AvgIpc) is 3.44. The van der Waals surface area contributed by atoms with Gasteiger partial charge in [-0.1, -0.05) is 35.3 Å². The molecular weight excluding hydrogens is 800 g/mol. The molecule has 2 heterocycles. The second-order valence-electron chi connectivity index (χ2n) is 14.2. The molecule has 0 aliphatic carbocycles. The van der Waals surface area contributed by atoms with Crippen LogP contribution in [0, 0.1) is 38.4 Å². The Labute approximate surface area is 352 Å². The van der Waals surface area contributed by atoms with Gasteiger partial charge < -0.3 is 21.3 Å². The second kappa shape index (κ2) is 16.2. The molecule has 2 aliphatic heterocycles. The van der Waals surface area contributed by atoms with E-state index in [0.717, 1.165) is 11.1 Å². The summed E-state index contributed by atoms with van der Waals surface area (Å²) < 4.78 is 0. The summed E-state index contributed by atoms with van der Waals surface area (Å²) in [6.07, 6.45) is 1.85. The second-order valence-corrected chi connectivity index (χ2v) is 15.7. The van der Waals surface area contributed by atoms with Crippen molar-refractivity contribution >= 4 is 115 Å². The monoisotopic (exact) mass is 834 g/mol. The van der Waals surface area contributed by atoms with Crippen molar-refractivity contribution in [3.8, 4) is 6.19 Å². The summed E-state index contributed by atoms with van der Waals surface area (Å²) in [6, 6.07) is 20.9. The molecule has 6 rings (SSSR count). The summed E-state index contributed by atoms with van der Waals surface area (Å²) in [5.41, 5.74) is 16.2. The van der Waals surface area contributed by atoms with E-state index in [2.05, 4.69) is 14.7 Å². The lowest BCUT2D eigenvalue weighted by Crippen LogP contribution is -2.44. The Kier molecular flexibility index (Phi) is 11.9. The van der Waals surface area contributed by atoms with Crippen molar-refractivity contribution in [2.45, 2.75) is 59.0 Å². The van der Waals surface area contributed by atoms with E-state index in [1.807, 2.05) is 27.7 Å². The first-order valence-electron chi connectivity index (χ1n) is 17.2. The number of aryl methyl sites for hydroxylation is 2. The van der Waals surface area contributed by atoms with Gasteiger partial charge in [-0.3, -0.25) is 19.4 Å². The number of halogens is 2. The number of nitriles is 1. The number of thiocarbonyl (C=S) groups is 2. The van der Waals surface area contributed by atoms with E-state index in [9.17, 15) is 9.59 Å². The third-order valence-corrected chi connectivity index (χ3v) is 11.0. The van der Waals surface area contributed by atoms with Crippen LogP contribution in [0.3, 0.4) is 0 Å². The number of amidine groups is 1. The molecule has 0 saturated carbocycles. The Morgan fingerprint density at radius 3 is 1.58 bits per heavy atom. The van der Waals surface area contributed by atoms with Crippen LogP contribution in [0.25, 0.3) is 9.69 Å². The number of nitrogens with zero attached hydrogens (tertiary/aromatic N) is 8. The van der Waals surface area contributed by atoms with Gasteiger partial charge in [-0.15, -0.1) is 0 Å². The van der Waals surface area contributed by atoms with E-state index in [4.69, 9.17) is 77.5 Å². The summed E-state index contributed by atoms with van der Waals surface area (Å²) in [5.74, 6) is -0.196. The zero-order valence-corrected chi connectivity index (χ0v) is 34.9. The van der Waals surface area contributed by atoms with Crippen LogP contribution in [0.2, 0.25) is 10.0 Å². The number of benzene rings is 4. The highest BCUT2D eigenvalue weighted by Gasteiger charge is 2.51. The van der Waals surface area contributed by atoms with Crippen LogP contribution in [-0.4, -0.2) is 39.0 Å². The normalized spacial score (nSPS) is 15.9. The maximum absolute atomic E-state index is 13.3. The van der Waals surface area contributed by atoms with Crippen molar-refractivity contribution in [3.63, 3.8) is 0 Å². The maximum Gasteiger partial charge on any atom is 0.259 e. The molecule has 2 aliphatic rings. The fraction of sp³-hybridized carbons (Fsp3) is 0.220. The van der Waals surface area contributed by atoms with Gasteiger partial charge in [-0.25, -0.2) is 9.69 Å². The number of nitrogens with two attached hydrogens (primary N) is 2. The fourth-order valence-electron chi connectivity index (χ4n) is 6.53. The topological polar surface area (TPSA) is 144 Å². The van der Waals surface area contributed by atoms with E-state index < -0.39 is 11.1 Å². The number of nitrogen functional groups attached to an aromatic ring is 1. The van der Waals surface area contributed by atoms with Crippen LogP contribution in [0.4, 0.5) is 39.8 Å². The first-order chi connectivity index (χ1) is 26.8. The smallest absolute Gasteiger partial charge is 0.259 e. The number of hydrogen-bond donors (Lipinski definition) is 2. The fourth-order valence-corrected chi connectivity index (χ4v) is 7.87. The largest absolute Gasteiger partial charge is 0.397 e. The third kappa shape index (κ3) is 7.84. The van der Waals surface area contributed by atoms with Crippen molar-refractivity contribution in [1.82, 2.24) is 0 Å². The number of hydrogen-bond acceptors (Lipinski definition) is 7. The number of anilines is 5. The zero-order chi connectivity index (χ0) is 42.1. The Morgan fingerprint density at radius 2 is 1.18 bits per heavy atom. The highest BCUT2D eigenvalue weighted by molar-refractivity contribution is 7.81. The van der Waals surface area contributed by atoms with E-state index >= 15 is 0 Å². The van der Waals surface area contributed by atoms with Crippen molar-refractivity contribution in [1.29, 1.82) is 5.26 Å². The molecule has 2 saturated heterocycles. The van der Waals surface area contributed by atoms with Gasteiger partial charge in [-0.05, 0) is 143 Å². The Balaban J connectivity index is 0.000000221. The number of rotatable bonds is 6. The number of amides is 2. The number of aliphatic imine (C=N–C) groups is 1. The molecule has 2 fully saturated rings. The average molecular weight is 836 g/mol. The Hall–Kier alpha value is -6.08. The van der Waals surface area contributed by atoms with Crippen LogP contribution in [-0.2, 0) is 16.0 Å². The van der Waals surface area contributed by atoms with Crippen LogP contribution in [0.5, 0.6) is 0 Å². The van der Waals surface area contributed by atoms with Gasteiger partial charge in [0.25, 0.3) is 11.8 Å². The van der Waals surface area contributed by atoms with Gasteiger partial charge >= 0.3 is 0 Å². The SMILES string of the molecule is [C-]#[N+]c1ccc(N2C(=O)C(C)(C)N(c3ccc(Cl)c(CC(N)=NC#N)c3)C2=S)cc1C.[C-]#[N+]c1ccc(N2C(=O)C(C)(C)N(c3ccc(Cl)c(N)c3)C2=S)cc1C. The third-order valence-electron chi connectivity index (χ3n) is 9.54. The quantitative estimate of drug-likeness (QED) is 0.0485. The van der Waals surface area contributed by atoms with Crippen molar-refractivity contribution in [2.75, 3.05) is 25.3 Å². The molecule has 288 valence electrons. The molecule has 0 aromatic heterocycles. The number of carbonyl (C=O) groups is 2. The van der Waals surface area contributed by atoms with Gasteiger partial charge in [-0.2, -0.15) is 10.3 Å². The molecule has 4 N–H and O–H groups in total. The van der Waals surface area contributed by atoms with Gasteiger partial charge in [0.15, 0.2) is 21.6 Å². The van der Waals surface area contributed by atoms with Gasteiger partial charge in [0, 0.05) is 34.2 Å². The van der Waals surface area contributed by atoms with Crippen molar-refractivity contribution in [3.05, 3.63) is 122 Å². The van der Waals surface area contributed by atoms with Gasteiger partial charge in [0.2, 0.25) is 6.19 Å². The zero-order valence-electron chi connectivity index (χ0n) is 31.8. The van der Waals surface area contributed by atoms with Gasteiger partial charge in [0.1, 0.15) is 16.9 Å². The first kappa shape index (κ1) is 42.1. The first-order valence-corrected chi connectivity index (χ1v) is 18.8. The van der Waals surface area contributed by atoms with E-state index in [1.54, 1.807) is 103 Å². The van der Waals surface area contributed by atoms with E-state index in [0.29, 0.717) is 65.6 Å². The Bertz CT molecular complexity index is 2530. The molecule has 16 heteroatoms. The summed E-state index contributed by atoms with van der Waals surface area (Å²) in [7, 11) is 0. The molecule has 0 bridgehead atoms.